The molecule has 2 aromatic heterocycles. The second-order valence-electron chi connectivity index (χ2n) is 8.75. The molecule has 4 heterocycles. The van der Waals surface area contributed by atoms with Gasteiger partial charge in [0.15, 0.2) is 0 Å². The molecule has 1 aromatic carbocycles. The molecule has 2 aliphatic heterocycles. The van der Waals surface area contributed by atoms with Gasteiger partial charge < -0.3 is 30.7 Å². The Kier molecular flexibility index (Phi) is 6.09. The minimum atomic E-state index is 0.347. The van der Waals surface area contributed by atoms with E-state index in [0.29, 0.717) is 12.0 Å². The SMILES string of the molecule is CCNc1ncc(-c2nc3ccc(N4CCN(C)CC4)cc3[nH]2)c(N[C@H]2CCCNC2)n1. The molecule has 4 N–H and O–H groups in total. The summed E-state index contributed by atoms with van der Waals surface area (Å²) < 4.78 is 0. The molecule has 9 heteroatoms. The van der Waals surface area contributed by atoms with Gasteiger partial charge in [0.05, 0.1) is 16.6 Å². The van der Waals surface area contributed by atoms with Gasteiger partial charge in [0.2, 0.25) is 5.95 Å². The highest BCUT2D eigenvalue weighted by atomic mass is 15.2. The van der Waals surface area contributed by atoms with Crippen LogP contribution in [0.25, 0.3) is 22.4 Å². The molecule has 3 aromatic rings. The normalized spacial score (nSPS) is 19.9. The number of piperazine rings is 1. The van der Waals surface area contributed by atoms with Crippen molar-refractivity contribution in [3.63, 3.8) is 0 Å². The summed E-state index contributed by atoms with van der Waals surface area (Å²) in [6.45, 7) is 9.12. The van der Waals surface area contributed by atoms with Gasteiger partial charge in [0.1, 0.15) is 11.6 Å². The van der Waals surface area contributed by atoms with Gasteiger partial charge in [-0.15, -0.1) is 0 Å². The molecule has 32 heavy (non-hydrogen) atoms. The summed E-state index contributed by atoms with van der Waals surface area (Å²) in [5, 5.41) is 10.3. The topological polar surface area (TPSA) is 97.0 Å². The molecule has 0 amide bonds. The average Bonchev–Trinajstić information content (AvgIpc) is 3.24. The van der Waals surface area contributed by atoms with Gasteiger partial charge in [-0.05, 0) is 51.6 Å². The van der Waals surface area contributed by atoms with Gasteiger partial charge in [-0.1, -0.05) is 0 Å². The number of benzene rings is 1. The summed E-state index contributed by atoms with van der Waals surface area (Å²) in [4.78, 5) is 22.5. The Labute approximate surface area is 189 Å². The molecule has 0 saturated carbocycles. The highest BCUT2D eigenvalue weighted by Gasteiger charge is 2.20. The molecule has 0 bridgehead atoms. The number of hydrogen-bond donors (Lipinski definition) is 4. The number of nitrogens with zero attached hydrogens (tertiary/aromatic N) is 5. The van der Waals surface area contributed by atoms with Gasteiger partial charge in [0.25, 0.3) is 0 Å². The summed E-state index contributed by atoms with van der Waals surface area (Å²) in [5.41, 5.74) is 4.14. The summed E-state index contributed by atoms with van der Waals surface area (Å²) in [6.07, 6.45) is 4.15. The van der Waals surface area contributed by atoms with E-state index < -0.39 is 0 Å². The molecule has 9 nitrogen and oxygen atoms in total. The number of H-pyrrole nitrogens is 1. The lowest BCUT2D eigenvalue weighted by molar-refractivity contribution is 0.313. The van der Waals surface area contributed by atoms with Gasteiger partial charge in [-0.2, -0.15) is 4.98 Å². The quantitative estimate of drug-likeness (QED) is 0.469. The highest BCUT2D eigenvalue weighted by molar-refractivity contribution is 5.84. The number of aromatic nitrogens is 4. The van der Waals surface area contributed by atoms with E-state index in [-0.39, 0.29) is 0 Å². The Morgan fingerprint density at radius 2 is 2.03 bits per heavy atom. The maximum Gasteiger partial charge on any atom is 0.224 e. The molecule has 1 atom stereocenters. The molecule has 0 unspecified atom stereocenters. The number of piperidine rings is 1. The number of nitrogens with one attached hydrogen (secondary N) is 4. The lowest BCUT2D eigenvalue weighted by atomic mass is 10.1. The molecule has 0 spiro atoms. The summed E-state index contributed by atoms with van der Waals surface area (Å²) >= 11 is 0. The predicted octanol–water partition coefficient (Wildman–Crippen LogP) is 2.37. The van der Waals surface area contributed by atoms with E-state index in [4.69, 9.17) is 9.97 Å². The fraction of sp³-hybridized carbons (Fsp3) is 0.522. The van der Waals surface area contributed by atoms with Crippen molar-refractivity contribution in [2.75, 3.05) is 68.4 Å². The smallest absolute Gasteiger partial charge is 0.224 e. The van der Waals surface area contributed by atoms with Gasteiger partial charge in [-0.25, -0.2) is 9.97 Å². The van der Waals surface area contributed by atoms with Crippen LogP contribution in [0.5, 0.6) is 0 Å². The van der Waals surface area contributed by atoms with Crippen molar-refractivity contribution in [3.05, 3.63) is 24.4 Å². The molecule has 0 aliphatic carbocycles. The van der Waals surface area contributed by atoms with Crippen LogP contribution in [0.3, 0.4) is 0 Å². The predicted molar refractivity (Wildman–Crippen MR) is 131 cm³/mol. The molecule has 2 aliphatic rings. The van der Waals surface area contributed by atoms with E-state index >= 15 is 0 Å². The Bertz CT molecular complexity index is 1050. The van der Waals surface area contributed by atoms with Crippen LogP contribution in [0.1, 0.15) is 19.8 Å². The van der Waals surface area contributed by atoms with Crippen molar-refractivity contribution < 1.29 is 0 Å². The first kappa shape index (κ1) is 21.0. The van der Waals surface area contributed by atoms with Crippen LogP contribution < -0.4 is 20.9 Å². The van der Waals surface area contributed by atoms with E-state index in [1.54, 1.807) is 0 Å². The van der Waals surface area contributed by atoms with Crippen molar-refractivity contribution in [2.45, 2.75) is 25.8 Å². The number of hydrogen-bond acceptors (Lipinski definition) is 8. The van der Waals surface area contributed by atoms with E-state index in [1.165, 1.54) is 5.69 Å². The first-order valence-corrected chi connectivity index (χ1v) is 11.7. The summed E-state index contributed by atoms with van der Waals surface area (Å²) in [7, 11) is 2.18. The number of anilines is 3. The van der Waals surface area contributed by atoms with E-state index in [2.05, 4.69) is 61.0 Å². The second kappa shape index (κ2) is 9.30. The Morgan fingerprint density at radius 1 is 1.16 bits per heavy atom. The standard InChI is InChI=1S/C23H33N9/c1-3-25-23-26-15-18(21(30-23)27-16-5-4-8-24-14-16)22-28-19-7-6-17(13-20(19)29-22)32-11-9-31(2)10-12-32/h6-7,13,15-16,24H,3-5,8-12,14H2,1-2H3,(H,28,29)(H2,25,26,27,30)/t16-/m0/s1. The first-order valence-electron chi connectivity index (χ1n) is 11.7. The van der Waals surface area contributed by atoms with Crippen LogP contribution in [0.15, 0.2) is 24.4 Å². The van der Waals surface area contributed by atoms with Crippen LogP contribution in [-0.4, -0.2) is 83.7 Å². The van der Waals surface area contributed by atoms with E-state index in [1.807, 2.05) is 13.1 Å². The lowest BCUT2D eigenvalue weighted by Gasteiger charge is -2.34. The third kappa shape index (κ3) is 4.49. The number of fused-ring (bicyclic) bond motifs is 1. The average molecular weight is 436 g/mol. The van der Waals surface area contributed by atoms with E-state index in [0.717, 1.165) is 86.9 Å². The Morgan fingerprint density at radius 3 is 2.81 bits per heavy atom. The summed E-state index contributed by atoms with van der Waals surface area (Å²) in [6, 6.07) is 6.84. The van der Waals surface area contributed by atoms with Crippen molar-refractivity contribution in [1.82, 2.24) is 30.2 Å². The Hall–Kier alpha value is -2.91. The van der Waals surface area contributed by atoms with E-state index in [9.17, 15) is 0 Å². The summed E-state index contributed by atoms with van der Waals surface area (Å²) in [5.74, 6) is 2.25. The fourth-order valence-corrected chi connectivity index (χ4v) is 4.46. The fourth-order valence-electron chi connectivity index (χ4n) is 4.46. The third-order valence-electron chi connectivity index (χ3n) is 6.35. The largest absolute Gasteiger partial charge is 0.369 e. The number of rotatable bonds is 6. The van der Waals surface area contributed by atoms with Gasteiger partial charge in [0, 0.05) is 57.2 Å². The molecule has 2 saturated heterocycles. The molecule has 0 radical (unpaired) electrons. The van der Waals surface area contributed by atoms with Crippen LogP contribution in [0, 0.1) is 0 Å². The number of imidazole rings is 1. The third-order valence-corrected chi connectivity index (χ3v) is 6.35. The zero-order valence-electron chi connectivity index (χ0n) is 19.0. The monoisotopic (exact) mass is 435 g/mol. The maximum atomic E-state index is 4.87. The van der Waals surface area contributed by atoms with Crippen LogP contribution in [0.4, 0.5) is 17.5 Å². The molecule has 2 fully saturated rings. The molecule has 5 rings (SSSR count). The van der Waals surface area contributed by atoms with Crippen molar-refractivity contribution >= 4 is 28.5 Å². The van der Waals surface area contributed by atoms with Crippen molar-refractivity contribution in [1.29, 1.82) is 0 Å². The zero-order chi connectivity index (χ0) is 21.9. The zero-order valence-corrected chi connectivity index (χ0v) is 19.0. The lowest BCUT2D eigenvalue weighted by Crippen LogP contribution is -2.44. The number of aromatic amines is 1. The number of likely N-dealkylation sites (N-methyl/N-ethyl adjacent to an activating group) is 1. The van der Waals surface area contributed by atoms with Gasteiger partial charge >= 0.3 is 0 Å². The Balaban J connectivity index is 1.45. The molecular weight excluding hydrogens is 402 g/mol. The van der Waals surface area contributed by atoms with Gasteiger partial charge in [-0.3, -0.25) is 0 Å². The van der Waals surface area contributed by atoms with Crippen molar-refractivity contribution in [3.8, 4) is 11.4 Å². The highest BCUT2D eigenvalue weighted by Crippen LogP contribution is 2.29. The minimum absolute atomic E-state index is 0.347. The van der Waals surface area contributed by atoms with Crippen LogP contribution in [0.2, 0.25) is 0 Å². The minimum Gasteiger partial charge on any atom is -0.369 e. The maximum absolute atomic E-state index is 4.87. The van der Waals surface area contributed by atoms with Crippen LogP contribution in [-0.2, 0) is 0 Å². The second-order valence-corrected chi connectivity index (χ2v) is 8.75. The van der Waals surface area contributed by atoms with Crippen LogP contribution >= 0.6 is 0 Å². The van der Waals surface area contributed by atoms with Crippen molar-refractivity contribution in [2.24, 2.45) is 0 Å². The molecular formula is C23H33N9. The molecule has 170 valence electrons. The first-order chi connectivity index (χ1) is 15.7.